The number of ether oxygens (including phenoxy) is 1. The highest BCUT2D eigenvalue weighted by molar-refractivity contribution is 5.55. The summed E-state index contributed by atoms with van der Waals surface area (Å²) >= 11 is 0. The van der Waals surface area contributed by atoms with Gasteiger partial charge in [0.05, 0.1) is 19.9 Å². The van der Waals surface area contributed by atoms with E-state index in [4.69, 9.17) is 9.15 Å². The molecular weight excluding hydrogens is 312 g/mol. The third-order valence-corrected chi connectivity index (χ3v) is 4.19. The number of oxazole rings is 1. The molecule has 4 nitrogen and oxygen atoms in total. The van der Waals surface area contributed by atoms with Crippen molar-refractivity contribution >= 4 is 0 Å². The lowest BCUT2D eigenvalue weighted by atomic mass is 10.1. The van der Waals surface area contributed by atoms with Gasteiger partial charge in [-0.2, -0.15) is 0 Å². The molecule has 130 valence electrons. The van der Waals surface area contributed by atoms with Gasteiger partial charge in [0.2, 0.25) is 5.89 Å². The summed E-state index contributed by atoms with van der Waals surface area (Å²) in [5.74, 6) is 2.50. The molecule has 0 N–H and O–H groups in total. The van der Waals surface area contributed by atoms with Crippen LogP contribution in [-0.4, -0.2) is 24.0 Å². The van der Waals surface area contributed by atoms with Crippen LogP contribution in [0, 0.1) is 13.8 Å². The van der Waals surface area contributed by atoms with Crippen LogP contribution < -0.4 is 4.74 Å². The molecule has 0 amide bonds. The van der Waals surface area contributed by atoms with Crippen LogP contribution >= 0.6 is 0 Å². The first-order chi connectivity index (χ1) is 12.1. The van der Waals surface area contributed by atoms with Crippen LogP contribution in [0.5, 0.6) is 5.75 Å². The third-order valence-electron chi connectivity index (χ3n) is 4.19. The molecule has 1 aromatic heterocycles. The topological polar surface area (TPSA) is 38.5 Å². The molecule has 0 fully saturated rings. The van der Waals surface area contributed by atoms with Crippen LogP contribution in [0.25, 0.3) is 11.3 Å². The van der Waals surface area contributed by atoms with Crippen molar-refractivity contribution in [3.63, 3.8) is 0 Å². The lowest BCUT2D eigenvalue weighted by molar-refractivity contribution is 0.282. The van der Waals surface area contributed by atoms with Crippen LogP contribution in [0.2, 0.25) is 0 Å². The van der Waals surface area contributed by atoms with Gasteiger partial charge in [0.25, 0.3) is 0 Å². The number of hydrogen-bond donors (Lipinski definition) is 0. The molecule has 0 aliphatic carbocycles. The van der Waals surface area contributed by atoms with E-state index in [1.54, 1.807) is 13.3 Å². The summed E-state index contributed by atoms with van der Waals surface area (Å²) in [7, 11) is 3.79. The van der Waals surface area contributed by atoms with Gasteiger partial charge in [-0.05, 0) is 37.6 Å². The number of rotatable bonds is 6. The first-order valence-corrected chi connectivity index (χ1v) is 8.39. The molecule has 0 spiro atoms. The zero-order valence-electron chi connectivity index (χ0n) is 15.2. The predicted molar refractivity (Wildman–Crippen MR) is 99.6 cm³/mol. The summed E-state index contributed by atoms with van der Waals surface area (Å²) in [5.41, 5.74) is 4.63. The lowest BCUT2D eigenvalue weighted by Gasteiger charge is -2.17. The summed E-state index contributed by atoms with van der Waals surface area (Å²) < 4.78 is 11.3. The van der Waals surface area contributed by atoms with E-state index in [0.29, 0.717) is 6.54 Å². The molecule has 3 rings (SSSR count). The van der Waals surface area contributed by atoms with Crippen molar-refractivity contribution in [1.29, 1.82) is 0 Å². The molecule has 3 aromatic rings. The second-order valence-corrected chi connectivity index (χ2v) is 6.42. The highest BCUT2D eigenvalue weighted by Gasteiger charge is 2.11. The minimum Gasteiger partial charge on any atom is -0.496 e. The van der Waals surface area contributed by atoms with Gasteiger partial charge in [-0.1, -0.05) is 42.5 Å². The monoisotopic (exact) mass is 336 g/mol. The molecule has 0 bridgehead atoms. The smallest absolute Gasteiger partial charge is 0.209 e. The first kappa shape index (κ1) is 17.2. The first-order valence-electron chi connectivity index (χ1n) is 8.39. The van der Waals surface area contributed by atoms with Gasteiger partial charge in [-0.15, -0.1) is 0 Å². The van der Waals surface area contributed by atoms with Crippen molar-refractivity contribution in [2.24, 2.45) is 0 Å². The maximum Gasteiger partial charge on any atom is 0.209 e. The maximum atomic E-state index is 5.89. The number of aryl methyl sites for hydroxylation is 2. The molecule has 1 heterocycles. The summed E-state index contributed by atoms with van der Waals surface area (Å²) in [6, 6.07) is 14.4. The SMILES string of the molecule is COc1c(C)cc(CN(C)Cc2ncc(-c3ccccc3)o2)cc1C. The lowest BCUT2D eigenvalue weighted by Crippen LogP contribution is -2.17. The zero-order chi connectivity index (χ0) is 17.8. The zero-order valence-corrected chi connectivity index (χ0v) is 15.2. The van der Waals surface area contributed by atoms with E-state index in [9.17, 15) is 0 Å². The average molecular weight is 336 g/mol. The van der Waals surface area contributed by atoms with Crippen LogP contribution in [0.3, 0.4) is 0 Å². The normalized spacial score (nSPS) is 11.1. The number of aromatic nitrogens is 1. The van der Waals surface area contributed by atoms with Gasteiger partial charge in [-0.25, -0.2) is 4.98 Å². The van der Waals surface area contributed by atoms with Gasteiger partial charge in [-0.3, -0.25) is 4.90 Å². The van der Waals surface area contributed by atoms with E-state index in [1.165, 1.54) is 5.56 Å². The summed E-state index contributed by atoms with van der Waals surface area (Å²) in [5, 5.41) is 0. The molecule has 0 atom stereocenters. The second kappa shape index (κ2) is 7.53. The Labute approximate surface area is 149 Å². The molecule has 0 unspecified atom stereocenters. The fourth-order valence-electron chi connectivity index (χ4n) is 3.17. The van der Waals surface area contributed by atoms with E-state index in [-0.39, 0.29) is 0 Å². The largest absolute Gasteiger partial charge is 0.496 e. The minimum atomic E-state index is 0.664. The van der Waals surface area contributed by atoms with E-state index in [0.717, 1.165) is 40.6 Å². The number of benzene rings is 2. The van der Waals surface area contributed by atoms with Gasteiger partial charge in [0, 0.05) is 12.1 Å². The molecule has 0 saturated carbocycles. The van der Waals surface area contributed by atoms with Crippen molar-refractivity contribution < 1.29 is 9.15 Å². The fourth-order valence-corrected chi connectivity index (χ4v) is 3.17. The van der Waals surface area contributed by atoms with E-state index < -0.39 is 0 Å². The van der Waals surface area contributed by atoms with Crippen molar-refractivity contribution in [2.45, 2.75) is 26.9 Å². The van der Waals surface area contributed by atoms with Crippen LogP contribution in [0.1, 0.15) is 22.6 Å². The fraction of sp³-hybridized carbons (Fsp3) is 0.286. The highest BCUT2D eigenvalue weighted by atomic mass is 16.5. The minimum absolute atomic E-state index is 0.664. The van der Waals surface area contributed by atoms with Gasteiger partial charge in [0.1, 0.15) is 5.75 Å². The third kappa shape index (κ3) is 4.09. The molecule has 0 aliphatic rings. The highest BCUT2D eigenvalue weighted by Crippen LogP contribution is 2.25. The second-order valence-electron chi connectivity index (χ2n) is 6.42. The predicted octanol–water partition coefficient (Wildman–Crippen LogP) is 4.60. The number of hydrogen-bond acceptors (Lipinski definition) is 4. The van der Waals surface area contributed by atoms with Crippen molar-refractivity contribution in [3.8, 4) is 17.1 Å². The maximum absolute atomic E-state index is 5.89. The van der Waals surface area contributed by atoms with Crippen LogP contribution in [0.4, 0.5) is 0 Å². The molecule has 0 saturated heterocycles. The summed E-state index contributed by atoms with van der Waals surface area (Å²) in [6.45, 7) is 5.65. The van der Waals surface area contributed by atoms with Gasteiger partial charge < -0.3 is 9.15 Å². The Balaban J connectivity index is 1.67. The Morgan fingerprint density at radius 1 is 1.04 bits per heavy atom. The van der Waals surface area contributed by atoms with E-state index >= 15 is 0 Å². The number of nitrogens with zero attached hydrogens (tertiary/aromatic N) is 2. The Kier molecular flexibility index (Phi) is 5.19. The van der Waals surface area contributed by atoms with Gasteiger partial charge in [0.15, 0.2) is 5.76 Å². The van der Waals surface area contributed by atoms with E-state index in [2.05, 4.69) is 42.9 Å². The van der Waals surface area contributed by atoms with Crippen LogP contribution in [0.15, 0.2) is 53.1 Å². The summed E-state index contributed by atoms with van der Waals surface area (Å²) in [6.07, 6.45) is 1.79. The number of methoxy groups -OCH3 is 1. The van der Waals surface area contributed by atoms with Crippen LogP contribution in [-0.2, 0) is 13.1 Å². The Morgan fingerprint density at radius 2 is 1.72 bits per heavy atom. The molecule has 4 heteroatoms. The molecule has 0 radical (unpaired) electrons. The van der Waals surface area contributed by atoms with Crippen molar-refractivity contribution in [3.05, 3.63) is 71.2 Å². The Bertz CT molecular complexity index is 817. The Hall–Kier alpha value is -2.59. The molecular formula is C21H24N2O2. The average Bonchev–Trinajstić information content (AvgIpc) is 3.03. The van der Waals surface area contributed by atoms with Crippen molar-refractivity contribution in [1.82, 2.24) is 9.88 Å². The van der Waals surface area contributed by atoms with Crippen molar-refractivity contribution in [2.75, 3.05) is 14.2 Å². The van der Waals surface area contributed by atoms with E-state index in [1.807, 2.05) is 30.3 Å². The quantitative estimate of drug-likeness (QED) is 0.659. The molecule has 25 heavy (non-hydrogen) atoms. The summed E-state index contributed by atoms with van der Waals surface area (Å²) in [4.78, 5) is 6.60. The van der Waals surface area contributed by atoms with Gasteiger partial charge >= 0.3 is 0 Å². The molecule has 0 aliphatic heterocycles. The molecule has 2 aromatic carbocycles. The Morgan fingerprint density at radius 3 is 2.36 bits per heavy atom. The standard InChI is InChI=1S/C21H24N2O2/c1-15-10-17(11-16(2)21(15)24-4)13-23(3)14-20-22-12-19(25-20)18-8-6-5-7-9-18/h5-12H,13-14H2,1-4H3.